The Morgan fingerprint density at radius 1 is 1.00 bits per heavy atom. The molecule has 106 valence electrons. The van der Waals surface area contributed by atoms with Gasteiger partial charge in [0.1, 0.15) is 0 Å². The van der Waals surface area contributed by atoms with Gasteiger partial charge in [0.05, 0.1) is 10.0 Å². The highest BCUT2D eigenvalue weighted by Gasteiger charge is 2.12. The Balaban J connectivity index is 2.09. The van der Waals surface area contributed by atoms with Crippen molar-refractivity contribution < 1.29 is 0 Å². The van der Waals surface area contributed by atoms with Gasteiger partial charge >= 0.3 is 0 Å². The lowest BCUT2D eigenvalue weighted by Crippen LogP contribution is -2.30. The van der Waals surface area contributed by atoms with Crippen LogP contribution in [0.1, 0.15) is 16.7 Å². The van der Waals surface area contributed by atoms with E-state index in [1.807, 2.05) is 25.2 Å². The minimum absolute atomic E-state index is 0.341. The van der Waals surface area contributed by atoms with E-state index in [-0.39, 0.29) is 0 Å². The number of hydrogen-bond donors (Lipinski definition) is 1. The topological polar surface area (TPSA) is 12.0 Å². The molecule has 0 aliphatic heterocycles. The van der Waals surface area contributed by atoms with Crippen molar-refractivity contribution in [2.24, 2.45) is 0 Å². The zero-order valence-electron chi connectivity index (χ0n) is 11.8. The van der Waals surface area contributed by atoms with E-state index in [9.17, 15) is 0 Å². The lowest BCUT2D eigenvalue weighted by molar-refractivity contribution is 0.556. The predicted molar refractivity (Wildman–Crippen MR) is 87.9 cm³/mol. The normalized spacial score (nSPS) is 12.4. The Hall–Kier alpha value is -1.02. The molecule has 0 bridgehead atoms. The van der Waals surface area contributed by atoms with E-state index in [0.717, 1.165) is 18.4 Å². The number of likely N-dealkylation sites (N-methyl/N-ethyl adjacent to an activating group) is 1. The molecule has 0 radical (unpaired) electrons. The van der Waals surface area contributed by atoms with E-state index in [4.69, 9.17) is 23.2 Å². The number of hydrogen-bond acceptors (Lipinski definition) is 1. The van der Waals surface area contributed by atoms with Crippen molar-refractivity contribution in [1.29, 1.82) is 0 Å². The smallest absolute Gasteiger partial charge is 0.0624 e. The molecule has 1 atom stereocenters. The summed E-state index contributed by atoms with van der Waals surface area (Å²) in [6.45, 7) is 2.10. The Bertz CT molecular complexity index is 564. The molecule has 0 saturated carbocycles. The molecule has 20 heavy (non-hydrogen) atoms. The number of aryl methyl sites for hydroxylation is 1. The van der Waals surface area contributed by atoms with E-state index in [0.29, 0.717) is 16.1 Å². The maximum atomic E-state index is 6.26. The second-order valence-corrected chi connectivity index (χ2v) is 5.88. The van der Waals surface area contributed by atoms with Gasteiger partial charge in [-0.3, -0.25) is 0 Å². The average molecular weight is 308 g/mol. The van der Waals surface area contributed by atoms with E-state index in [2.05, 4.69) is 36.5 Å². The van der Waals surface area contributed by atoms with Crippen LogP contribution in [0, 0.1) is 6.92 Å². The third-order valence-electron chi connectivity index (χ3n) is 3.51. The van der Waals surface area contributed by atoms with Gasteiger partial charge in [-0.1, -0.05) is 65.2 Å². The molecular formula is C17H19Cl2N. The highest BCUT2D eigenvalue weighted by Crippen LogP contribution is 2.26. The fraction of sp³-hybridized carbons (Fsp3) is 0.294. The van der Waals surface area contributed by atoms with Gasteiger partial charge in [0.25, 0.3) is 0 Å². The molecule has 0 aliphatic rings. The molecule has 2 aromatic carbocycles. The molecule has 0 fully saturated rings. The van der Waals surface area contributed by atoms with Gasteiger partial charge in [-0.15, -0.1) is 0 Å². The van der Waals surface area contributed by atoms with Crippen LogP contribution in [0.15, 0.2) is 42.5 Å². The lowest BCUT2D eigenvalue weighted by atomic mass is 9.98. The van der Waals surface area contributed by atoms with Crippen molar-refractivity contribution in [3.05, 3.63) is 69.2 Å². The zero-order valence-corrected chi connectivity index (χ0v) is 13.3. The first-order valence-electron chi connectivity index (χ1n) is 6.76. The standard InChI is InChI=1S/C17H19Cl2N/c1-12-6-8-13(9-7-12)10-15(20-2)11-14-4-3-5-16(18)17(14)19/h3-9,15,20H,10-11H2,1-2H3. The second-order valence-electron chi connectivity index (χ2n) is 5.09. The van der Waals surface area contributed by atoms with Crippen molar-refractivity contribution in [1.82, 2.24) is 5.32 Å². The molecule has 0 spiro atoms. The molecule has 2 rings (SSSR count). The first-order chi connectivity index (χ1) is 9.60. The molecule has 3 heteroatoms. The first kappa shape index (κ1) is 15.4. The summed E-state index contributed by atoms with van der Waals surface area (Å²) in [7, 11) is 1.98. The van der Waals surface area contributed by atoms with Crippen molar-refractivity contribution in [3.63, 3.8) is 0 Å². The molecule has 0 saturated heterocycles. The van der Waals surface area contributed by atoms with Crippen LogP contribution in [-0.4, -0.2) is 13.1 Å². The number of halogens is 2. The summed E-state index contributed by atoms with van der Waals surface area (Å²) in [6.07, 6.45) is 1.84. The Morgan fingerprint density at radius 2 is 1.70 bits per heavy atom. The summed E-state index contributed by atoms with van der Waals surface area (Å²) in [4.78, 5) is 0. The average Bonchev–Trinajstić information content (AvgIpc) is 2.45. The van der Waals surface area contributed by atoms with Crippen LogP contribution in [0.5, 0.6) is 0 Å². The number of rotatable bonds is 5. The van der Waals surface area contributed by atoms with Crippen LogP contribution in [0.25, 0.3) is 0 Å². The summed E-state index contributed by atoms with van der Waals surface area (Å²) in [5.41, 5.74) is 3.70. The van der Waals surface area contributed by atoms with Crippen LogP contribution >= 0.6 is 23.2 Å². The first-order valence-corrected chi connectivity index (χ1v) is 7.51. The van der Waals surface area contributed by atoms with E-state index >= 15 is 0 Å². The van der Waals surface area contributed by atoms with Crippen molar-refractivity contribution in [2.75, 3.05) is 7.05 Å². The maximum Gasteiger partial charge on any atom is 0.0624 e. The van der Waals surface area contributed by atoms with Gasteiger partial charge in [-0.2, -0.15) is 0 Å². The minimum Gasteiger partial charge on any atom is -0.316 e. The SMILES string of the molecule is CNC(Cc1ccc(C)cc1)Cc1cccc(Cl)c1Cl. The van der Waals surface area contributed by atoms with Crippen LogP contribution < -0.4 is 5.32 Å². The van der Waals surface area contributed by atoms with Gasteiger partial charge in [0, 0.05) is 6.04 Å². The highest BCUT2D eigenvalue weighted by atomic mass is 35.5. The quantitative estimate of drug-likeness (QED) is 0.846. The molecular weight excluding hydrogens is 289 g/mol. The molecule has 0 aromatic heterocycles. The Kier molecular flexibility index (Phi) is 5.47. The summed E-state index contributed by atoms with van der Waals surface area (Å²) in [6, 6.07) is 14.8. The minimum atomic E-state index is 0.341. The van der Waals surface area contributed by atoms with Crippen LogP contribution in [0.4, 0.5) is 0 Å². The summed E-state index contributed by atoms with van der Waals surface area (Å²) < 4.78 is 0. The van der Waals surface area contributed by atoms with Crippen LogP contribution in [0.3, 0.4) is 0 Å². The third kappa shape index (κ3) is 3.99. The second kappa shape index (κ2) is 7.12. The van der Waals surface area contributed by atoms with Crippen LogP contribution in [-0.2, 0) is 12.8 Å². The highest BCUT2D eigenvalue weighted by molar-refractivity contribution is 6.42. The van der Waals surface area contributed by atoms with Gasteiger partial charge in [-0.25, -0.2) is 0 Å². The van der Waals surface area contributed by atoms with Gasteiger partial charge < -0.3 is 5.32 Å². The fourth-order valence-corrected chi connectivity index (χ4v) is 2.65. The van der Waals surface area contributed by atoms with Crippen molar-refractivity contribution in [2.45, 2.75) is 25.8 Å². The Morgan fingerprint density at radius 3 is 2.35 bits per heavy atom. The summed E-state index contributed by atoms with van der Waals surface area (Å²) in [5, 5.41) is 4.64. The predicted octanol–water partition coefficient (Wildman–Crippen LogP) is 4.68. The molecule has 2 aromatic rings. The van der Waals surface area contributed by atoms with Crippen molar-refractivity contribution >= 4 is 23.2 Å². The van der Waals surface area contributed by atoms with E-state index in [1.165, 1.54) is 11.1 Å². The van der Waals surface area contributed by atoms with Gasteiger partial charge in [0.15, 0.2) is 0 Å². The summed E-state index contributed by atoms with van der Waals surface area (Å²) in [5.74, 6) is 0. The van der Waals surface area contributed by atoms with E-state index < -0.39 is 0 Å². The molecule has 0 amide bonds. The fourth-order valence-electron chi connectivity index (χ4n) is 2.26. The van der Waals surface area contributed by atoms with Gasteiger partial charge in [-0.05, 0) is 44.0 Å². The lowest BCUT2D eigenvalue weighted by Gasteiger charge is -2.17. The number of nitrogens with one attached hydrogen (secondary N) is 1. The van der Waals surface area contributed by atoms with Crippen molar-refractivity contribution in [3.8, 4) is 0 Å². The molecule has 1 nitrogen and oxygen atoms in total. The molecule has 1 unspecified atom stereocenters. The zero-order chi connectivity index (χ0) is 14.5. The Labute approximate surface area is 130 Å². The number of benzene rings is 2. The van der Waals surface area contributed by atoms with Crippen LogP contribution in [0.2, 0.25) is 10.0 Å². The molecule has 0 heterocycles. The monoisotopic (exact) mass is 307 g/mol. The third-order valence-corrected chi connectivity index (χ3v) is 4.37. The van der Waals surface area contributed by atoms with Gasteiger partial charge in [0.2, 0.25) is 0 Å². The maximum absolute atomic E-state index is 6.26. The molecule has 0 aliphatic carbocycles. The van der Waals surface area contributed by atoms with E-state index in [1.54, 1.807) is 0 Å². The largest absolute Gasteiger partial charge is 0.316 e. The summed E-state index contributed by atoms with van der Waals surface area (Å²) >= 11 is 12.3. The molecule has 1 N–H and O–H groups in total.